The van der Waals surface area contributed by atoms with Crippen molar-refractivity contribution in [3.05, 3.63) is 64.3 Å². The number of rotatable bonds is 6. The molecular weight excluding hydrogens is 444 g/mol. The molecule has 0 aliphatic heterocycles. The Balaban J connectivity index is 1.56. The number of carbonyl (C=O) groups excluding carboxylic acids is 1. The van der Waals surface area contributed by atoms with E-state index in [4.69, 9.17) is 4.42 Å². The number of benzene rings is 2. The van der Waals surface area contributed by atoms with Gasteiger partial charge in [0, 0.05) is 15.9 Å². The molecule has 28 heavy (non-hydrogen) atoms. The van der Waals surface area contributed by atoms with Gasteiger partial charge in [0.2, 0.25) is 10.0 Å². The lowest BCUT2D eigenvalue weighted by atomic mass is 10.1. The first-order chi connectivity index (χ1) is 13.3. The number of para-hydroxylation sites is 1. The molecule has 3 aromatic rings. The van der Waals surface area contributed by atoms with E-state index < -0.39 is 10.0 Å². The molecule has 0 radical (unpaired) electrons. The Morgan fingerprint density at radius 1 is 1.18 bits per heavy atom. The highest BCUT2D eigenvalue weighted by Crippen LogP contribution is 2.27. The van der Waals surface area contributed by atoms with Crippen molar-refractivity contribution in [2.45, 2.75) is 36.7 Å². The summed E-state index contributed by atoms with van der Waals surface area (Å²) >= 11 is 3.34. The molecule has 1 saturated carbocycles. The summed E-state index contributed by atoms with van der Waals surface area (Å²) in [4.78, 5) is 12.9. The van der Waals surface area contributed by atoms with Crippen LogP contribution in [0.2, 0.25) is 0 Å². The van der Waals surface area contributed by atoms with Gasteiger partial charge in [-0.1, -0.05) is 18.2 Å². The van der Waals surface area contributed by atoms with Gasteiger partial charge >= 0.3 is 0 Å². The number of sulfonamides is 1. The van der Waals surface area contributed by atoms with Crippen molar-refractivity contribution in [1.82, 2.24) is 10.0 Å². The van der Waals surface area contributed by atoms with Crippen molar-refractivity contribution in [2.24, 2.45) is 0 Å². The van der Waals surface area contributed by atoms with Crippen LogP contribution in [0.15, 0.2) is 62.3 Å². The maximum atomic E-state index is 12.8. The molecule has 1 fully saturated rings. The van der Waals surface area contributed by atoms with E-state index in [1.807, 2.05) is 37.3 Å². The summed E-state index contributed by atoms with van der Waals surface area (Å²) in [6.45, 7) is 1.82. The van der Waals surface area contributed by atoms with Gasteiger partial charge in [-0.05, 0) is 66.0 Å². The third-order valence-corrected chi connectivity index (χ3v) is 6.82. The Morgan fingerprint density at radius 2 is 1.93 bits per heavy atom. The van der Waals surface area contributed by atoms with Gasteiger partial charge in [-0.2, -0.15) is 0 Å². The molecule has 1 heterocycles. The summed E-state index contributed by atoms with van der Waals surface area (Å²) in [6.07, 6.45) is 1.69. The molecule has 1 aliphatic carbocycles. The van der Waals surface area contributed by atoms with Gasteiger partial charge in [0.25, 0.3) is 5.91 Å². The number of carbonyl (C=O) groups is 1. The lowest BCUT2D eigenvalue weighted by Crippen LogP contribution is -2.28. The average molecular weight is 463 g/mol. The van der Waals surface area contributed by atoms with Crippen LogP contribution in [0.5, 0.6) is 0 Å². The van der Waals surface area contributed by atoms with E-state index in [0.717, 1.165) is 23.8 Å². The molecule has 1 atom stereocenters. The van der Waals surface area contributed by atoms with Crippen LogP contribution in [0, 0.1) is 0 Å². The minimum atomic E-state index is -3.64. The van der Waals surface area contributed by atoms with Gasteiger partial charge in [-0.25, -0.2) is 13.1 Å². The van der Waals surface area contributed by atoms with Crippen LogP contribution >= 0.6 is 15.9 Å². The number of hydrogen-bond acceptors (Lipinski definition) is 4. The first-order valence-corrected chi connectivity index (χ1v) is 11.2. The van der Waals surface area contributed by atoms with Crippen LogP contribution in [0.1, 0.15) is 41.9 Å². The van der Waals surface area contributed by atoms with Crippen molar-refractivity contribution in [3.8, 4) is 0 Å². The molecule has 6 nitrogen and oxygen atoms in total. The van der Waals surface area contributed by atoms with Gasteiger partial charge in [0.1, 0.15) is 11.3 Å². The van der Waals surface area contributed by atoms with Crippen molar-refractivity contribution >= 4 is 42.8 Å². The lowest BCUT2D eigenvalue weighted by molar-refractivity contribution is 0.0934. The van der Waals surface area contributed by atoms with Crippen molar-refractivity contribution in [2.75, 3.05) is 0 Å². The summed E-state index contributed by atoms with van der Waals surface area (Å²) < 4.78 is 33.8. The van der Waals surface area contributed by atoms with Gasteiger partial charge in [-0.3, -0.25) is 4.79 Å². The first-order valence-electron chi connectivity index (χ1n) is 8.95. The second-order valence-electron chi connectivity index (χ2n) is 6.92. The first kappa shape index (κ1) is 19.2. The number of hydrogen-bond donors (Lipinski definition) is 2. The summed E-state index contributed by atoms with van der Waals surface area (Å²) in [5.74, 6) is 0.244. The fourth-order valence-electron chi connectivity index (χ4n) is 2.90. The third kappa shape index (κ3) is 3.99. The van der Waals surface area contributed by atoms with Gasteiger partial charge < -0.3 is 9.73 Å². The fraction of sp³-hybridized carbons (Fsp3) is 0.250. The molecule has 1 amide bonds. The van der Waals surface area contributed by atoms with E-state index in [1.165, 1.54) is 12.1 Å². The molecule has 146 valence electrons. The summed E-state index contributed by atoms with van der Waals surface area (Å²) in [5, 5.41) is 3.83. The Bertz CT molecular complexity index is 1120. The van der Waals surface area contributed by atoms with Crippen molar-refractivity contribution < 1.29 is 17.6 Å². The Hall–Kier alpha value is -2.16. The van der Waals surface area contributed by atoms with Crippen molar-refractivity contribution in [3.63, 3.8) is 0 Å². The molecular formula is C20H19BrN2O4S. The minimum absolute atomic E-state index is 0.000898. The molecule has 4 rings (SSSR count). The molecule has 2 N–H and O–H groups in total. The van der Waals surface area contributed by atoms with E-state index in [1.54, 1.807) is 6.07 Å². The summed E-state index contributed by atoms with van der Waals surface area (Å²) in [6, 6.07) is 13.6. The van der Waals surface area contributed by atoms with Crippen LogP contribution in [-0.4, -0.2) is 20.4 Å². The maximum Gasteiger partial charge on any atom is 0.253 e. The number of fused-ring (bicyclic) bond motifs is 1. The highest BCUT2D eigenvalue weighted by Gasteiger charge is 2.29. The SMILES string of the molecule is CC(NC(=O)c1cc(S(=O)(=O)NC2CC2)ccc1Br)c1cc2ccccc2o1. The zero-order valence-electron chi connectivity index (χ0n) is 15.1. The molecule has 1 unspecified atom stereocenters. The number of nitrogens with one attached hydrogen (secondary N) is 2. The molecule has 0 saturated heterocycles. The molecule has 0 spiro atoms. The highest BCUT2D eigenvalue weighted by atomic mass is 79.9. The molecule has 8 heteroatoms. The molecule has 1 aromatic heterocycles. The van der Waals surface area contributed by atoms with E-state index in [0.29, 0.717) is 10.2 Å². The van der Waals surface area contributed by atoms with Crippen LogP contribution < -0.4 is 10.0 Å². The third-order valence-electron chi connectivity index (χ3n) is 4.61. The maximum absolute atomic E-state index is 12.8. The predicted octanol–water partition coefficient (Wildman–Crippen LogP) is 4.13. The smallest absolute Gasteiger partial charge is 0.253 e. The topological polar surface area (TPSA) is 88.4 Å². The minimum Gasteiger partial charge on any atom is -0.459 e. The molecule has 0 bridgehead atoms. The summed E-state index contributed by atoms with van der Waals surface area (Å²) in [7, 11) is -3.64. The van der Waals surface area contributed by atoms with Crippen LogP contribution in [-0.2, 0) is 10.0 Å². The number of furan rings is 1. The quantitative estimate of drug-likeness (QED) is 0.576. The van der Waals surface area contributed by atoms with Crippen LogP contribution in [0.25, 0.3) is 11.0 Å². The largest absolute Gasteiger partial charge is 0.459 e. The number of amides is 1. The monoisotopic (exact) mass is 462 g/mol. The normalized spacial score (nSPS) is 15.5. The zero-order valence-corrected chi connectivity index (χ0v) is 17.5. The van der Waals surface area contributed by atoms with E-state index in [9.17, 15) is 13.2 Å². The molecule has 1 aliphatic rings. The van der Waals surface area contributed by atoms with E-state index in [-0.39, 0.29) is 28.4 Å². The Morgan fingerprint density at radius 3 is 2.64 bits per heavy atom. The predicted molar refractivity (Wildman–Crippen MR) is 110 cm³/mol. The van der Waals surface area contributed by atoms with Gasteiger partial charge in [0.15, 0.2) is 0 Å². The Labute approximate surface area is 171 Å². The standard InChI is InChI=1S/C20H19BrN2O4S/c1-12(19-10-13-4-2-3-5-18(13)27-19)22-20(24)16-11-15(8-9-17(16)21)28(25,26)23-14-6-7-14/h2-5,8-12,14,23H,6-7H2,1H3,(H,22,24). The van der Waals surface area contributed by atoms with E-state index in [2.05, 4.69) is 26.0 Å². The second-order valence-corrected chi connectivity index (χ2v) is 9.49. The fourth-order valence-corrected chi connectivity index (χ4v) is 4.65. The lowest BCUT2D eigenvalue weighted by Gasteiger charge is -2.13. The zero-order chi connectivity index (χ0) is 19.9. The van der Waals surface area contributed by atoms with Crippen LogP contribution in [0.4, 0.5) is 0 Å². The average Bonchev–Trinajstić information content (AvgIpc) is 3.34. The number of halogens is 1. The second kappa shape index (κ2) is 7.35. The molecule has 2 aromatic carbocycles. The van der Waals surface area contributed by atoms with Gasteiger partial charge in [-0.15, -0.1) is 0 Å². The van der Waals surface area contributed by atoms with Gasteiger partial charge in [0.05, 0.1) is 16.5 Å². The highest BCUT2D eigenvalue weighted by molar-refractivity contribution is 9.10. The summed E-state index contributed by atoms with van der Waals surface area (Å²) in [5.41, 5.74) is 1.00. The van der Waals surface area contributed by atoms with Crippen LogP contribution in [0.3, 0.4) is 0 Å². The van der Waals surface area contributed by atoms with Crippen molar-refractivity contribution in [1.29, 1.82) is 0 Å². The Kier molecular flexibility index (Phi) is 5.03. The van der Waals surface area contributed by atoms with E-state index >= 15 is 0 Å².